The number of hydrogen-bond acceptors (Lipinski definition) is 3. The van der Waals surface area contributed by atoms with Gasteiger partial charge in [0.15, 0.2) is 4.77 Å². The zero-order chi connectivity index (χ0) is 16.7. The molecule has 1 aliphatic rings. The van der Waals surface area contributed by atoms with Gasteiger partial charge in [0.1, 0.15) is 11.6 Å². The van der Waals surface area contributed by atoms with E-state index in [1.54, 1.807) is 7.11 Å². The molecule has 2 atom stereocenters. The van der Waals surface area contributed by atoms with Crippen molar-refractivity contribution in [3.05, 3.63) is 69.7 Å². The van der Waals surface area contributed by atoms with Gasteiger partial charge >= 0.3 is 0 Å². The summed E-state index contributed by atoms with van der Waals surface area (Å²) in [6.45, 7) is 0. The second kappa shape index (κ2) is 6.07. The molecule has 4 rings (SSSR count). The average molecular weight is 358 g/mol. The van der Waals surface area contributed by atoms with E-state index in [9.17, 15) is 0 Å². The Labute approximate surface area is 150 Å². The van der Waals surface area contributed by atoms with E-state index in [0.717, 1.165) is 28.7 Å². The number of aromatic nitrogens is 3. The Morgan fingerprint density at radius 1 is 1.21 bits per heavy atom. The number of hydrogen-bond donors (Lipinski definition) is 1. The van der Waals surface area contributed by atoms with Gasteiger partial charge in [-0.25, -0.2) is 0 Å². The van der Waals surface area contributed by atoms with E-state index in [2.05, 4.69) is 22.3 Å². The molecular weight excluding hydrogens is 342 g/mol. The van der Waals surface area contributed by atoms with Crippen LogP contribution in [-0.4, -0.2) is 21.9 Å². The van der Waals surface area contributed by atoms with E-state index in [1.807, 2.05) is 41.0 Å². The summed E-state index contributed by atoms with van der Waals surface area (Å²) in [7, 11) is 1.66. The van der Waals surface area contributed by atoms with Crippen LogP contribution in [-0.2, 0) is 0 Å². The lowest BCUT2D eigenvalue weighted by molar-refractivity contribution is 0.414. The highest BCUT2D eigenvalue weighted by molar-refractivity contribution is 7.71. The highest BCUT2D eigenvalue weighted by Crippen LogP contribution is 2.54. The van der Waals surface area contributed by atoms with Crippen LogP contribution >= 0.6 is 23.8 Å². The van der Waals surface area contributed by atoms with E-state index in [0.29, 0.717) is 16.6 Å². The van der Waals surface area contributed by atoms with Gasteiger partial charge in [-0.2, -0.15) is 5.10 Å². The summed E-state index contributed by atoms with van der Waals surface area (Å²) in [6.07, 6.45) is 1.06. The molecular formula is C18H16ClN3OS. The lowest BCUT2D eigenvalue weighted by atomic mass is 10.1. The fourth-order valence-electron chi connectivity index (χ4n) is 3.12. The lowest BCUT2D eigenvalue weighted by Crippen LogP contribution is -2.01. The van der Waals surface area contributed by atoms with Crippen molar-refractivity contribution in [2.75, 3.05) is 7.11 Å². The third-order valence-electron chi connectivity index (χ3n) is 4.43. The van der Waals surface area contributed by atoms with E-state index < -0.39 is 0 Å². The fourth-order valence-corrected chi connectivity index (χ4v) is 3.49. The van der Waals surface area contributed by atoms with Gasteiger partial charge in [-0.05, 0) is 54.4 Å². The first-order valence-electron chi connectivity index (χ1n) is 7.74. The topological polar surface area (TPSA) is 42.8 Å². The van der Waals surface area contributed by atoms with Gasteiger partial charge in [0.25, 0.3) is 0 Å². The minimum atomic E-state index is 0.352. The fraction of sp³-hybridized carbons (Fsp3) is 0.222. The molecule has 0 saturated heterocycles. The van der Waals surface area contributed by atoms with Crippen LogP contribution in [0, 0.1) is 4.77 Å². The second-order valence-corrected chi connectivity index (χ2v) is 6.75. The van der Waals surface area contributed by atoms with Gasteiger partial charge in [-0.15, -0.1) is 0 Å². The summed E-state index contributed by atoms with van der Waals surface area (Å²) < 4.78 is 7.92. The number of benzene rings is 2. The van der Waals surface area contributed by atoms with Gasteiger partial charge in [0, 0.05) is 17.0 Å². The molecule has 0 unspecified atom stereocenters. The summed E-state index contributed by atoms with van der Waals surface area (Å²) in [5.74, 6) is 2.57. The van der Waals surface area contributed by atoms with Crippen molar-refractivity contribution >= 4 is 23.8 Å². The summed E-state index contributed by atoms with van der Waals surface area (Å²) in [4.78, 5) is 0. The van der Waals surface area contributed by atoms with Crippen LogP contribution in [0.1, 0.15) is 29.6 Å². The van der Waals surface area contributed by atoms with Crippen molar-refractivity contribution < 1.29 is 4.74 Å². The van der Waals surface area contributed by atoms with Crippen molar-refractivity contribution in [1.82, 2.24) is 14.8 Å². The number of ether oxygens (including phenoxy) is 1. The maximum atomic E-state index is 5.98. The van der Waals surface area contributed by atoms with Crippen LogP contribution in [0.15, 0.2) is 48.5 Å². The molecule has 3 aromatic rings. The molecule has 0 amide bonds. The molecule has 4 nitrogen and oxygen atoms in total. The quantitative estimate of drug-likeness (QED) is 0.678. The molecule has 1 fully saturated rings. The first-order valence-corrected chi connectivity index (χ1v) is 8.53. The van der Waals surface area contributed by atoms with Gasteiger partial charge in [0.2, 0.25) is 0 Å². The number of nitrogens with one attached hydrogen (secondary N) is 1. The zero-order valence-corrected chi connectivity index (χ0v) is 14.6. The molecule has 1 N–H and O–H groups in total. The van der Waals surface area contributed by atoms with Crippen molar-refractivity contribution in [3.63, 3.8) is 0 Å². The van der Waals surface area contributed by atoms with Crippen LogP contribution in [0.5, 0.6) is 5.75 Å². The molecule has 1 heterocycles. The second-order valence-electron chi connectivity index (χ2n) is 5.92. The smallest absolute Gasteiger partial charge is 0.199 e. The van der Waals surface area contributed by atoms with Crippen LogP contribution in [0.2, 0.25) is 5.02 Å². The average Bonchev–Trinajstić information content (AvgIpc) is 3.30. The number of rotatable bonds is 4. The normalized spacial score (nSPS) is 19.2. The Bertz CT molecular complexity index is 932. The minimum Gasteiger partial charge on any atom is -0.497 e. The van der Waals surface area contributed by atoms with Crippen molar-refractivity contribution in [3.8, 4) is 11.4 Å². The van der Waals surface area contributed by atoms with Gasteiger partial charge in [-0.1, -0.05) is 29.8 Å². The van der Waals surface area contributed by atoms with Crippen molar-refractivity contribution in [2.45, 2.75) is 18.3 Å². The standard InChI is InChI=1S/C18H16ClN3OS/c1-23-14-4-2-3-13(9-14)22-17(20-21-18(22)24)16-10-15(16)11-5-7-12(19)8-6-11/h2-9,15-16H,10H2,1H3,(H,21,24)/t15-,16-/m1/s1. The predicted molar refractivity (Wildman–Crippen MR) is 96.9 cm³/mol. The molecule has 1 saturated carbocycles. The van der Waals surface area contributed by atoms with E-state index >= 15 is 0 Å². The van der Waals surface area contributed by atoms with Crippen LogP contribution in [0.3, 0.4) is 0 Å². The SMILES string of the molecule is COc1cccc(-n2c([C@@H]3C[C@@H]3c3ccc(Cl)cc3)n[nH]c2=S)c1. The minimum absolute atomic E-state index is 0.352. The molecule has 6 heteroatoms. The van der Waals surface area contributed by atoms with Crippen LogP contribution < -0.4 is 4.74 Å². The highest BCUT2D eigenvalue weighted by atomic mass is 35.5. The number of aromatic amines is 1. The van der Waals surface area contributed by atoms with Gasteiger partial charge < -0.3 is 4.74 Å². The van der Waals surface area contributed by atoms with Gasteiger partial charge in [-0.3, -0.25) is 9.67 Å². The number of methoxy groups -OCH3 is 1. The maximum absolute atomic E-state index is 5.98. The Morgan fingerprint density at radius 2 is 2.00 bits per heavy atom. The third kappa shape index (κ3) is 2.74. The summed E-state index contributed by atoms with van der Waals surface area (Å²) in [6, 6.07) is 15.9. The van der Waals surface area contributed by atoms with E-state index in [4.69, 9.17) is 28.6 Å². The molecule has 0 bridgehead atoms. The third-order valence-corrected chi connectivity index (χ3v) is 4.96. The van der Waals surface area contributed by atoms with E-state index in [-0.39, 0.29) is 0 Å². The number of halogens is 1. The Hall–Kier alpha value is -2.11. The first kappa shape index (κ1) is 15.4. The van der Waals surface area contributed by atoms with Crippen molar-refractivity contribution in [2.24, 2.45) is 0 Å². The highest BCUT2D eigenvalue weighted by Gasteiger charge is 2.43. The molecule has 2 aromatic carbocycles. The molecule has 24 heavy (non-hydrogen) atoms. The Balaban J connectivity index is 1.68. The monoisotopic (exact) mass is 357 g/mol. The van der Waals surface area contributed by atoms with Crippen LogP contribution in [0.4, 0.5) is 0 Å². The van der Waals surface area contributed by atoms with Crippen LogP contribution in [0.25, 0.3) is 5.69 Å². The lowest BCUT2D eigenvalue weighted by Gasteiger charge is -2.08. The Kier molecular flexibility index (Phi) is 3.90. The molecule has 1 aromatic heterocycles. The predicted octanol–water partition coefficient (Wildman–Crippen LogP) is 4.86. The largest absolute Gasteiger partial charge is 0.497 e. The first-order chi connectivity index (χ1) is 11.7. The maximum Gasteiger partial charge on any atom is 0.199 e. The summed E-state index contributed by atoms with van der Waals surface area (Å²) in [5.41, 5.74) is 2.25. The molecule has 122 valence electrons. The number of H-pyrrole nitrogens is 1. The molecule has 0 aliphatic heterocycles. The van der Waals surface area contributed by atoms with Crippen molar-refractivity contribution in [1.29, 1.82) is 0 Å². The molecule has 0 radical (unpaired) electrons. The Morgan fingerprint density at radius 3 is 2.75 bits per heavy atom. The van der Waals surface area contributed by atoms with E-state index in [1.165, 1.54) is 5.56 Å². The van der Waals surface area contributed by atoms with Gasteiger partial charge in [0.05, 0.1) is 12.8 Å². The summed E-state index contributed by atoms with van der Waals surface area (Å²) >= 11 is 11.4. The number of nitrogens with zero attached hydrogens (tertiary/aromatic N) is 2. The molecule has 1 aliphatic carbocycles. The molecule has 0 spiro atoms. The summed E-state index contributed by atoms with van der Waals surface area (Å²) in [5, 5.41) is 8.17. The zero-order valence-electron chi connectivity index (χ0n) is 13.1.